The van der Waals surface area contributed by atoms with E-state index in [1.54, 1.807) is 30.0 Å². The third-order valence-electron chi connectivity index (χ3n) is 7.37. The molecule has 1 aliphatic rings. The second-order valence-electron chi connectivity index (χ2n) is 10.2. The normalized spacial score (nSPS) is 14.9. The van der Waals surface area contributed by atoms with E-state index in [9.17, 15) is 9.59 Å². The molecular weight excluding hydrogens is 548 g/mol. The first-order chi connectivity index (χ1) is 19.2. The number of fused-ring (bicyclic) bond motifs is 1. The first kappa shape index (κ1) is 28.0. The second-order valence-corrected chi connectivity index (χ2v) is 11.2. The Hall–Kier alpha value is -3.57. The van der Waals surface area contributed by atoms with Gasteiger partial charge in [0.2, 0.25) is 5.95 Å². The monoisotopic (exact) mass is 580 g/mol. The molecule has 1 fully saturated rings. The van der Waals surface area contributed by atoms with E-state index in [4.69, 9.17) is 16.6 Å². The Morgan fingerprint density at radius 3 is 2.58 bits per heavy atom. The van der Waals surface area contributed by atoms with Crippen LogP contribution in [0.2, 0.25) is 5.15 Å². The minimum atomic E-state index is -0.345. The molecule has 4 heterocycles. The van der Waals surface area contributed by atoms with Crippen LogP contribution in [0, 0.1) is 6.92 Å². The van der Waals surface area contributed by atoms with Crippen LogP contribution in [-0.4, -0.2) is 49.6 Å². The number of rotatable bonds is 7. The van der Waals surface area contributed by atoms with E-state index in [0.29, 0.717) is 28.5 Å². The van der Waals surface area contributed by atoms with Gasteiger partial charge >= 0.3 is 0 Å². The summed E-state index contributed by atoms with van der Waals surface area (Å²) < 4.78 is 6.19. The number of pyridine rings is 1. The molecule has 12 heteroatoms. The van der Waals surface area contributed by atoms with Gasteiger partial charge in [-0.15, -0.1) is 0 Å². The molecule has 1 aromatic carbocycles. The fourth-order valence-corrected chi connectivity index (χ4v) is 5.79. The topological polar surface area (TPSA) is 110 Å². The summed E-state index contributed by atoms with van der Waals surface area (Å²) in [6.07, 6.45) is 5.62. The van der Waals surface area contributed by atoms with Gasteiger partial charge in [0.1, 0.15) is 5.15 Å². The van der Waals surface area contributed by atoms with E-state index in [-0.39, 0.29) is 28.4 Å². The zero-order valence-corrected chi connectivity index (χ0v) is 24.8. The van der Waals surface area contributed by atoms with Gasteiger partial charge < -0.3 is 10.2 Å². The third-order valence-corrected chi connectivity index (χ3v) is 7.97. The number of carbonyl (C=O) groups excluding carboxylic acids is 1. The number of hydrogen-bond acceptors (Lipinski definition) is 8. The summed E-state index contributed by atoms with van der Waals surface area (Å²) in [5, 5.41) is 8.79. The van der Waals surface area contributed by atoms with Crippen molar-refractivity contribution in [1.82, 2.24) is 29.0 Å². The SMILES string of the molecule is CSNC(=O)c1nc(Cl)ccc1NC(C)c1cc(C)cc2c(=O)n(C)c(N3CCC(c4ccn(C)n4)CC3)nc12. The van der Waals surface area contributed by atoms with Crippen LogP contribution in [0.3, 0.4) is 0 Å². The van der Waals surface area contributed by atoms with Crippen molar-refractivity contribution < 1.29 is 4.79 Å². The molecular formula is C28H33ClN8O2S. The van der Waals surface area contributed by atoms with Crippen molar-refractivity contribution in [2.24, 2.45) is 14.1 Å². The van der Waals surface area contributed by atoms with Crippen molar-refractivity contribution in [2.45, 2.75) is 38.6 Å². The molecule has 1 saturated heterocycles. The van der Waals surface area contributed by atoms with Crippen LogP contribution in [0.5, 0.6) is 0 Å². The molecule has 0 spiro atoms. The summed E-state index contributed by atoms with van der Waals surface area (Å²) in [6.45, 7) is 5.52. The van der Waals surface area contributed by atoms with Gasteiger partial charge in [-0.2, -0.15) is 5.10 Å². The lowest BCUT2D eigenvalue weighted by atomic mass is 9.94. The molecule has 2 N–H and O–H groups in total. The average molecular weight is 581 g/mol. The molecule has 0 aliphatic carbocycles. The third kappa shape index (κ3) is 5.53. The summed E-state index contributed by atoms with van der Waals surface area (Å²) >= 11 is 7.29. The van der Waals surface area contributed by atoms with Gasteiger partial charge in [-0.1, -0.05) is 29.6 Å². The van der Waals surface area contributed by atoms with Crippen molar-refractivity contribution in [2.75, 3.05) is 29.6 Å². The van der Waals surface area contributed by atoms with E-state index in [1.165, 1.54) is 11.9 Å². The number of hydrogen-bond donors (Lipinski definition) is 2. The number of piperidine rings is 1. The molecule has 0 bridgehead atoms. The fraction of sp³-hybridized carbons (Fsp3) is 0.393. The number of benzene rings is 1. The van der Waals surface area contributed by atoms with Gasteiger partial charge in [0, 0.05) is 51.1 Å². The van der Waals surface area contributed by atoms with Crippen molar-refractivity contribution in [1.29, 1.82) is 0 Å². The van der Waals surface area contributed by atoms with E-state index >= 15 is 0 Å². The number of carbonyl (C=O) groups is 1. The summed E-state index contributed by atoms with van der Waals surface area (Å²) in [6, 6.07) is 9.10. The lowest BCUT2D eigenvalue weighted by molar-refractivity contribution is 0.0980. The van der Waals surface area contributed by atoms with Gasteiger partial charge in [-0.05, 0) is 56.5 Å². The number of anilines is 2. The summed E-state index contributed by atoms with van der Waals surface area (Å²) in [4.78, 5) is 37.8. The number of amides is 1. The molecule has 0 saturated carbocycles. The quantitative estimate of drug-likeness (QED) is 0.241. The molecule has 10 nitrogen and oxygen atoms in total. The molecule has 5 rings (SSSR count). The zero-order chi connectivity index (χ0) is 28.6. The summed E-state index contributed by atoms with van der Waals surface area (Å²) in [5.41, 5.74) is 4.23. The molecule has 40 heavy (non-hydrogen) atoms. The van der Waals surface area contributed by atoms with Crippen LogP contribution < -0.4 is 20.5 Å². The molecule has 0 radical (unpaired) electrons. The second kappa shape index (κ2) is 11.5. The van der Waals surface area contributed by atoms with Crippen molar-refractivity contribution in [3.63, 3.8) is 0 Å². The Morgan fingerprint density at radius 2 is 1.90 bits per heavy atom. The Bertz CT molecular complexity index is 1630. The highest BCUT2D eigenvalue weighted by atomic mass is 35.5. The predicted octanol–water partition coefficient (Wildman–Crippen LogP) is 4.59. The maximum Gasteiger partial charge on any atom is 0.281 e. The first-order valence-electron chi connectivity index (χ1n) is 13.2. The van der Waals surface area contributed by atoms with Crippen LogP contribution in [0.4, 0.5) is 11.6 Å². The predicted molar refractivity (Wildman–Crippen MR) is 161 cm³/mol. The Kier molecular flexibility index (Phi) is 8.04. The Morgan fingerprint density at radius 1 is 1.15 bits per heavy atom. The van der Waals surface area contributed by atoms with Gasteiger partial charge in [0.05, 0.1) is 28.3 Å². The smallest absolute Gasteiger partial charge is 0.281 e. The average Bonchev–Trinajstić information content (AvgIpc) is 3.38. The van der Waals surface area contributed by atoms with E-state index in [2.05, 4.69) is 31.1 Å². The number of aryl methyl sites for hydroxylation is 2. The zero-order valence-electron chi connectivity index (χ0n) is 23.2. The number of halogens is 1. The fourth-order valence-electron chi connectivity index (χ4n) is 5.36. The van der Waals surface area contributed by atoms with Gasteiger partial charge in [-0.3, -0.25) is 23.6 Å². The first-order valence-corrected chi connectivity index (χ1v) is 14.8. The molecule has 1 atom stereocenters. The molecule has 4 aromatic rings. The minimum absolute atomic E-state index is 0.0859. The Balaban J connectivity index is 1.49. The highest BCUT2D eigenvalue weighted by molar-refractivity contribution is 7.97. The summed E-state index contributed by atoms with van der Waals surface area (Å²) in [5.74, 6) is 0.701. The van der Waals surface area contributed by atoms with Crippen LogP contribution in [-0.2, 0) is 14.1 Å². The maximum absolute atomic E-state index is 13.6. The standard InChI is InChI=1S/C28H33ClN8O2S/c1-16-14-19(17(2)30-22-6-7-23(29)31-25(22)26(38)34-40-5)24-20(15-16)27(39)36(4)28(32-24)37-12-8-18(9-13-37)21-10-11-35(3)33-21/h6-7,10-11,14-15,17-18,30H,8-9,12-13H2,1-5H3,(H,34,38). The molecule has 210 valence electrons. The highest BCUT2D eigenvalue weighted by Crippen LogP contribution is 2.32. The highest BCUT2D eigenvalue weighted by Gasteiger charge is 2.26. The van der Waals surface area contributed by atoms with Gasteiger partial charge in [-0.25, -0.2) is 9.97 Å². The van der Waals surface area contributed by atoms with Gasteiger partial charge in [0.25, 0.3) is 11.5 Å². The van der Waals surface area contributed by atoms with Crippen LogP contribution in [0.15, 0.2) is 41.3 Å². The largest absolute Gasteiger partial charge is 0.377 e. The molecule has 1 amide bonds. The Labute approximate surface area is 242 Å². The molecule has 3 aromatic heterocycles. The lowest BCUT2D eigenvalue weighted by Crippen LogP contribution is -2.38. The number of nitrogens with one attached hydrogen (secondary N) is 2. The summed E-state index contributed by atoms with van der Waals surface area (Å²) in [7, 11) is 3.72. The van der Waals surface area contributed by atoms with Crippen molar-refractivity contribution in [3.8, 4) is 0 Å². The van der Waals surface area contributed by atoms with E-state index in [1.807, 2.05) is 43.9 Å². The maximum atomic E-state index is 13.6. The lowest BCUT2D eigenvalue weighted by Gasteiger charge is -2.33. The number of aromatic nitrogens is 5. The van der Waals surface area contributed by atoms with E-state index in [0.717, 1.165) is 42.8 Å². The van der Waals surface area contributed by atoms with E-state index < -0.39 is 0 Å². The number of nitrogens with zero attached hydrogens (tertiary/aromatic N) is 6. The van der Waals surface area contributed by atoms with Crippen LogP contribution in [0.25, 0.3) is 10.9 Å². The van der Waals surface area contributed by atoms with Gasteiger partial charge in [0.15, 0.2) is 5.69 Å². The van der Waals surface area contributed by atoms with Crippen LogP contribution >= 0.6 is 23.5 Å². The van der Waals surface area contributed by atoms with Crippen molar-refractivity contribution >= 4 is 52.0 Å². The van der Waals surface area contributed by atoms with Crippen LogP contribution in [0.1, 0.15) is 59.0 Å². The molecule has 1 unspecified atom stereocenters. The minimum Gasteiger partial charge on any atom is -0.377 e. The van der Waals surface area contributed by atoms with Crippen molar-refractivity contribution in [3.05, 3.63) is 74.6 Å². The molecule has 1 aliphatic heterocycles.